The molecule has 2 aromatic carbocycles. The summed E-state index contributed by atoms with van der Waals surface area (Å²) in [5, 5.41) is 0. The maximum Gasteiger partial charge on any atom is 0.159 e. The van der Waals surface area contributed by atoms with Gasteiger partial charge in [-0.3, -0.25) is 0 Å². The topological polar surface area (TPSA) is 53.5 Å². The van der Waals surface area contributed by atoms with E-state index in [-0.39, 0.29) is 0 Å². The van der Waals surface area contributed by atoms with E-state index in [4.69, 9.17) is 14.2 Å². The van der Waals surface area contributed by atoms with Crippen LogP contribution in [0.5, 0.6) is 17.2 Å². The molecule has 0 unspecified atom stereocenters. The SMILES string of the molecule is CCCCCCCCCCOc1ccc(-c2ncc(OCCCCCCOc3ccccc3)cn2)cc1. The Hall–Kier alpha value is -3.08. The quantitative estimate of drug-likeness (QED) is 0.144. The van der Waals surface area contributed by atoms with Gasteiger partial charge in [-0.25, -0.2) is 9.97 Å². The molecule has 0 radical (unpaired) electrons. The number of hydrogen-bond acceptors (Lipinski definition) is 5. The maximum atomic E-state index is 5.90. The Morgan fingerprint density at radius 3 is 1.49 bits per heavy atom. The van der Waals surface area contributed by atoms with Crippen LogP contribution in [0, 0.1) is 0 Å². The van der Waals surface area contributed by atoms with Gasteiger partial charge in [-0.1, -0.05) is 70.1 Å². The van der Waals surface area contributed by atoms with Gasteiger partial charge < -0.3 is 14.2 Å². The minimum absolute atomic E-state index is 0.674. The van der Waals surface area contributed by atoms with Crippen molar-refractivity contribution in [3.05, 3.63) is 67.0 Å². The molecule has 0 aliphatic rings. The Labute approximate surface area is 223 Å². The van der Waals surface area contributed by atoms with Crippen LogP contribution < -0.4 is 14.2 Å². The molecule has 1 aromatic heterocycles. The van der Waals surface area contributed by atoms with Crippen molar-refractivity contribution in [1.82, 2.24) is 9.97 Å². The fraction of sp³-hybridized carbons (Fsp3) is 0.500. The maximum absolute atomic E-state index is 5.90. The van der Waals surface area contributed by atoms with Gasteiger partial charge in [-0.15, -0.1) is 0 Å². The predicted molar refractivity (Wildman–Crippen MR) is 151 cm³/mol. The molecule has 37 heavy (non-hydrogen) atoms. The lowest BCUT2D eigenvalue weighted by Gasteiger charge is -2.08. The number of para-hydroxylation sites is 1. The first-order valence-electron chi connectivity index (χ1n) is 14.2. The van der Waals surface area contributed by atoms with Crippen molar-refractivity contribution >= 4 is 0 Å². The van der Waals surface area contributed by atoms with Crippen molar-refractivity contribution in [2.24, 2.45) is 0 Å². The Morgan fingerprint density at radius 1 is 0.486 bits per heavy atom. The van der Waals surface area contributed by atoms with Gasteiger partial charge in [0.2, 0.25) is 0 Å². The lowest BCUT2D eigenvalue weighted by molar-refractivity contribution is 0.286. The summed E-state index contributed by atoms with van der Waals surface area (Å²) in [6, 6.07) is 18.0. The fourth-order valence-electron chi connectivity index (χ4n) is 4.12. The zero-order chi connectivity index (χ0) is 25.8. The van der Waals surface area contributed by atoms with E-state index in [1.807, 2.05) is 54.6 Å². The zero-order valence-electron chi connectivity index (χ0n) is 22.6. The van der Waals surface area contributed by atoms with Crippen molar-refractivity contribution in [2.75, 3.05) is 19.8 Å². The van der Waals surface area contributed by atoms with E-state index in [2.05, 4.69) is 16.9 Å². The number of benzene rings is 2. The summed E-state index contributed by atoms with van der Waals surface area (Å²) < 4.78 is 17.4. The molecular formula is C32H44N2O3. The lowest BCUT2D eigenvalue weighted by Crippen LogP contribution is -2.01. The first kappa shape index (κ1) is 28.5. The summed E-state index contributed by atoms with van der Waals surface area (Å²) in [5.41, 5.74) is 0.976. The molecule has 5 nitrogen and oxygen atoms in total. The van der Waals surface area contributed by atoms with Crippen LogP contribution >= 0.6 is 0 Å². The standard InChI is InChI=1S/C32H44N2O3/c1-2-3-4-5-6-7-8-14-24-36-30-21-19-28(20-22-30)32-33-26-31(27-34-32)37-25-16-10-9-15-23-35-29-17-12-11-13-18-29/h11-13,17-22,26-27H,2-10,14-16,23-25H2,1H3. The van der Waals surface area contributed by atoms with E-state index >= 15 is 0 Å². The van der Waals surface area contributed by atoms with Gasteiger partial charge in [0, 0.05) is 5.56 Å². The molecule has 0 saturated heterocycles. The molecule has 200 valence electrons. The normalized spacial score (nSPS) is 10.8. The second-order valence-electron chi connectivity index (χ2n) is 9.51. The van der Waals surface area contributed by atoms with E-state index in [1.165, 1.54) is 44.9 Å². The highest BCUT2D eigenvalue weighted by molar-refractivity contribution is 5.56. The molecule has 0 aliphatic carbocycles. The van der Waals surface area contributed by atoms with Gasteiger partial charge in [-0.05, 0) is 68.5 Å². The molecule has 5 heteroatoms. The van der Waals surface area contributed by atoms with Gasteiger partial charge in [0.15, 0.2) is 11.6 Å². The van der Waals surface area contributed by atoms with Crippen molar-refractivity contribution in [1.29, 1.82) is 0 Å². The number of ether oxygens (including phenoxy) is 3. The molecule has 0 amide bonds. The van der Waals surface area contributed by atoms with Gasteiger partial charge in [-0.2, -0.15) is 0 Å². The highest BCUT2D eigenvalue weighted by Gasteiger charge is 2.04. The second-order valence-corrected chi connectivity index (χ2v) is 9.51. The highest BCUT2D eigenvalue weighted by Crippen LogP contribution is 2.21. The van der Waals surface area contributed by atoms with Gasteiger partial charge in [0.25, 0.3) is 0 Å². The molecule has 3 rings (SSSR count). The predicted octanol–water partition coefficient (Wildman–Crippen LogP) is 8.68. The molecule has 0 bridgehead atoms. The van der Waals surface area contributed by atoms with Crippen molar-refractivity contribution < 1.29 is 14.2 Å². The van der Waals surface area contributed by atoms with Crippen molar-refractivity contribution in [2.45, 2.75) is 84.0 Å². The van der Waals surface area contributed by atoms with E-state index in [9.17, 15) is 0 Å². The summed E-state index contributed by atoms with van der Waals surface area (Å²) in [5.74, 6) is 3.24. The number of aromatic nitrogens is 2. The van der Waals surface area contributed by atoms with Crippen LogP contribution in [0.1, 0.15) is 84.0 Å². The first-order chi connectivity index (χ1) is 18.3. The van der Waals surface area contributed by atoms with Crippen molar-refractivity contribution in [3.8, 4) is 28.6 Å². The van der Waals surface area contributed by atoms with Gasteiger partial charge in [0.1, 0.15) is 11.5 Å². The average Bonchev–Trinajstić information content (AvgIpc) is 2.95. The Bertz CT molecular complexity index is 946. The Balaban J connectivity index is 1.23. The van der Waals surface area contributed by atoms with E-state index in [1.54, 1.807) is 12.4 Å². The molecule has 0 aliphatic heterocycles. The first-order valence-corrected chi connectivity index (χ1v) is 14.2. The van der Waals surface area contributed by atoms with Gasteiger partial charge >= 0.3 is 0 Å². The van der Waals surface area contributed by atoms with Crippen molar-refractivity contribution in [3.63, 3.8) is 0 Å². The van der Waals surface area contributed by atoms with Crippen LogP contribution in [0.15, 0.2) is 67.0 Å². The summed E-state index contributed by atoms with van der Waals surface area (Å²) in [4.78, 5) is 8.95. The summed E-state index contributed by atoms with van der Waals surface area (Å²) in [7, 11) is 0. The molecular weight excluding hydrogens is 460 g/mol. The number of nitrogens with zero attached hydrogens (tertiary/aromatic N) is 2. The minimum Gasteiger partial charge on any atom is -0.494 e. The van der Waals surface area contributed by atoms with Crippen LogP contribution in [0.2, 0.25) is 0 Å². The number of unbranched alkanes of at least 4 members (excludes halogenated alkanes) is 10. The molecule has 3 aromatic rings. The second kappa shape index (κ2) is 18.2. The summed E-state index contributed by atoms with van der Waals surface area (Å²) in [6.07, 6.45) is 18.3. The van der Waals surface area contributed by atoms with Crippen LogP contribution in [0.4, 0.5) is 0 Å². The number of rotatable bonds is 20. The zero-order valence-corrected chi connectivity index (χ0v) is 22.6. The van der Waals surface area contributed by atoms with Crippen LogP contribution in [-0.4, -0.2) is 29.8 Å². The molecule has 0 atom stereocenters. The van der Waals surface area contributed by atoms with Crippen LogP contribution in [0.25, 0.3) is 11.4 Å². The average molecular weight is 505 g/mol. The third-order valence-electron chi connectivity index (χ3n) is 6.33. The molecule has 1 heterocycles. The van der Waals surface area contributed by atoms with E-state index in [0.717, 1.165) is 62.4 Å². The lowest BCUT2D eigenvalue weighted by atomic mass is 10.1. The van der Waals surface area contributed by atoms with Crippen LogP contribution in [0.3, 0.4) is 0 Å². The van der Waals surface area contributed by atoms with E-state index in [0.29, 0.717) is 18.2 Å². The highest BCUT2D eigenvalue weighted by atomic mass is 16.5. The summed E-state index contributed by atoms with van der Waals surface area (Å²) in [6.45, 7) is 4.47. The monoisotopic (exact) mass is 504 g/mol. The van der Waals surface area contributed by atoms with E-state index < -0.39 is 0 Å². The molecule has 0 spiro atoms. The van der Waals surface area contributed by atoms with Gasteiger partial charge in [0.05, 0.1) is 32.2 Å². The molecule has 0 fully saturated rings. The number of hydrogen-bond donors (Lipinski definition) is 0. The largest absolute Gasteiger partial charge is 0.494 e. The Kier molecular flexibility index (Phi) is 14.0. The van der Waals surface area contributed by atoms with Crippen LogP contribution in [-0.2, 0) is 0 Å². The third-order valence-corrected chi connectivity index (χ3v) is 6.33. The molecule has 0 saturated carbocycles. The third kappa shape index (κ3) is 12.1. The summed E-state index contributed by atoms with van der Waals surface area (Å²) >= 11 is 0. The minimum atomic E-state index is 0.674. The fourth-order valence-corrected chi connectivity index (χ4v) is 4.12. The Morgan fingerprint density at radius 2 is 0.946 bits per heavy atom. The smallest absolute Gasteiger partial charge is 0.159 e. The molecule has 0 N–H and O–H groups in total.